The first-order chi connectivity index (χ1) is 12.8. The van der Waals surface area contributed by atoms with Gasteiger partial charge < -0.3 is 10.2 Å². The molecule has 1 heterocycles. The highest BCUT2D eigenvalue weighted by atomic mass is 35.5. The molecule has 3 rings (SSSR count). The normalized spacial score (nSPS) is 19.4. The van der Waals surface area contributed by atoms with Crippen LogP contribution in [0, 0.1) is 11.7 Å². The molecule has 2 aromatic carbocycles. The number of amides is 2. The van der Waals surface area contributed by atoms with E-state index in [0.717, 1.165) is 5.56 Å². The standard InChI is InChI=1S/C21H22ClFN2O2/c1-13(2)24-20(26)19-12-25(21(27)15-6-3-7-16(22)9-15)11-18(19)14-5-4-8-17(23)10-14/h3-10,13,18-19H,11-12H2,1-2H3,(H,24,26)/t18-,19-/m1/s1. The Morgan fingerprint density at radius 2 is 1.89 bits per heavy atom. The Balaban J connectivity index is 1.88. The molecule has 2 amide bonds. The van der Waals surface area contributed by atoms with E-state index in [1.165, 1.54) is 12.1 Å². The van der Waals surface area contributed by atoms with Crippen LogP contribution in [0.15, 0.2) is 48.5 Å². The summed E-state index contributed by atoms with van der Waals surface area (Å²) >= 11 is 6.00. The van der Waals surface area contributed by atoms with E-state index < -0.39 is 5.92 Å². The molecule has 6 heteroatoms. The lowest BCUT2D eigenvalue weighted by atomic mass is 9.88. The zero-order valence-electron chi connectivity index (χ0n) is 15.3. The van der Waals surface area contributed by atoms with Gasteiger partial charge in [-0.1, -0.05) is 29.8 Å². The molecule has 1 aliphatic rings. The summed E-state index contributed by atoms with van der Waals surface area (Å²) in [5.41, 5.74) is 1.20. The third-order valence-corrected chi connectivity index (χ3v) is 4.96. The van der Waals surface area contributed by atoms with Crippen molar-refractivity contribution in [1.29, 1.82) is 0 Å². The third-order valence-electron chi connectivity index (χ3n) is 4.72. The van der Waals surface area contributed by atoms with Gasteiger partial charge in [-0.05, 0) is 49.7 Å². The molecule has 142 valence electrons. The van der Waals surface area contributed by atoms with Crippen LogP contribution in [-0.4, -0.2) is 35.8 Å². The van der Waals surface area contributed by atoms with E-state index in [-0.39, 0.29) is 36.1 Å². The quantitative estimate of drug-likeness (QED) is 0.864. The number of nitrogens with one attached hydrogen (secondary N) is 1. The van der Waals surface area contributed by atoms with E-state index in [9.17, 15) is 14.0 Å². The highest BCUT2D eigenvalue weighted by Gasteiger charge is 2.40. The van der Waals surface area contributed by atoms with Crippen molar-refractivity contribution >= 4 is 23.4 Å². The first kappa shape index (κ1) is 19.4. The highest BCUT2D eigenvalue weighted by Crippen LogP contribution is 2.34. The molecule has 0 aliphatic carbocycles. The molecular weight excluding hydrogens is 367 g/mol. The van der Waals surface area contributed by atoms with Gasteiger partial charge in [0.15, 0.2) is 0 Å². The van der Waals surface area contributed by atoms with Gasteiger partial charge in [-0.25, -0.2) is 4.39 Å². The number of halogens is 2. The minimum atomic E-state index is -0.433. The highest BCUT2D eigenvalue weighted by molar-refractivity contribution is 6.30. The van der Waals surface area contributed by atoms with Crippen LogP contribution in [-0.2, 0) is 4.79 Å². The van der Waals surface area contributed by atoms with Gasteiger partial charge in [-0.15, -0.1) is 0 Å². The summed E-state index contributed by atoms with van der Waals surface area (Å²) in [6.45, 7) is 4.41. The van der Waals surface area contributed by atoms with Crippen molar-refractivity contribution in [2.24, 2.45) is 5.92 Å². The van der Waals surface area contributed by atoms with E-state index in [0.29, 0.717) is 17.1 Å². The SMILES string of the molecule is CC(C)NC(=O)[C@@H]1CN(C(=O)c2cccc(Cl)c2)C[C@@H]1c1cccc(F)c1. The van der Waals surface area contributed by atoms with Crippen LogP contribution in [0.2, 0.25) is 5.02 Å². The number of carbonyl (C=O) groups excluding carboxylic acids is 2. The van der Waals surface area contributed by atoms with Gasteiger partial charge in [-0.3, -0.25) is 9.59 Å². The molecule has 1 fully saturated rings. The van der Waals surface area contributed by atoms with E-state index in [2.05, 4.69) is 5.32 Å². The average molecular weight is 389 g/mol. The Morgan fingerprint density at radius 3 is 2.56 bits per heavy atom. The molecular formula is C21H22ClFN2O2. The second-order valence-electron chi connectivity index (χ2n) is 7.15. The molecule has 1 N–H and O–H groups in total. The van der Waals surface area contributed by atoms with Crippen molar-refractivity contribution < 1.29 is 14.0 Å². The Kier molecular flexibility index (Phi) is 5.80. The van der Waals surface area contributed by atoms with Crippen LogP contribution in [0.5, 0.6) is 0 Å². The van der Waals surface area contributed by atoms with Gasteiger partial charge in [0.1, 0.15) is 5.82 Å². The Labute approximate surface area is 163 Å². The van der Waals surface area contributed by atoms with Crippen molar-refractivity contribution in [1.82, 2.24) is 10.2 Å². The summed E-state index contributed by atoms with van der Waals surface area (Å²) in [6.07, 6.45) is 0. The van der Waals surface area contributed by atoms with Gasteiger partial charge in [0, 0.05) is 35.6 Å². The zero-order valence-corrected chi connectivity index (χ0v) is 16.0. The third kappa shape index (κ3) is 4.48. The summed E-state index contributed by atoms with van der Waals surface area (Å²) in [5, 5.41) is 3.40. The molecule has 27 heavy (non-hydrogen) atoms. The maximum absolute atomic E-state index is 13.7. The minimum Gasteiger partial charge on any atom is -0.354 e. The lowest BCUT2D eigenvalue weighted by molar-refractivity contribution is -0.125. The number of carbonyl (C=O) groups is 2. The van der Waals surface area contributed by atoms with Crippen molar-refractivity contribution in [2.75, 3.05) is 13.1 Å². The first-order valence-corrected chi connectivity index (χ1v) is 9.33. The number of benzene rings is 2. The smallest absolute Gasteiger partial charge is 0.253 e. The Hall–Kier alpha value is -2.40. The molecule has 0 bridgehead atoms. The molecule has 1 saturated heterocycles. The van der Waals surface area contributed by atoms with Crippen molar-refractivity contribution in [3.8, 4) is 0 Å². The molecule has 1 aliphatic heterocycles. The maximum Gasteiger partial charge on any atom is 0.253 e. The fraction of sp³-hybridized carbons (Fsp3) is 0.333. The maximum atomic E-state index is 13.7. The number of hydrogen-bond acceptors (Lipinski definition) is 2. The molecule has 0 saturated carbocycles. The van der Waals surface area contributed by atoms with Gasteiger partial charge in [0.2, 0.25) is 5.91 Å². The van der Waals surface area contributed by atoms with Crippen molar-refractivity contribution in [3.05, 3.63) is 70.5 Å². The summed E-state index contributed by atoms with van der Waals surface area (Å²) in [6, 6.07) is 13.0. The largest absolute Gasteiger partial charge is 0.354 e. The summed E-state index contributed by atoms with van der Waals surface area (Å²) in [4.78, 5) is 27.3. The monoisotopic (exact) mass is 388 g/mol. The number of nitrogens with zero attached hydrogens (tertiary/aromatic N) is 1. The van der Waals surface area contributed by atoms with Crippen LogP contribution in [0.1, 0.15) is 35.7 Å². The van der Waals surface area contributed by atoms with Crippen LogP contribution in [0.25, 0.3) is 0 Å². The van der Waals surface area contributed by atoms with E-state index >= 15 is 0 Å². The van der Waals surface area contributed by atoms with Crippen LogP contribution >= 0.6 is 11.6 Å². The molecule has 0 radical (unpaired) electrons. The summed E-state index contributed by atoms with van der Waals surface area (Å²) in [5.74, 6) is -1.35. The Bertz CT molecular complexity index is 856. The number of rotatable bonds is 4. The first-order valence-electron chi connectivity index (χ1n) is 8.96. The second-order valence-corrected chi connectivity index (χ2v) is 7.59. The molecule has 0 spiro atoms. The van der Waals surface area contributed by atoms with Crippen LogP contribution in [0.4, 0.5) is 4.39 Å². The minimum absolute atomic E-state index is 0.0108. The van der Waals surface area contributed by atoms with Gasteiger partial charge >= 0.3 is 0 Å². The lowest BCUT2D eigenvalue weighted by Gasteiger charge is -2.19. The van der Waals surface area contributed by atoms with Crippen LogP contribution < -0.4 is 5.32 Å². The zero-order chi connectivity index (χ0) is 19.6. The summed E-state index contributed by atoms with van der Waals surface area (Å²) in [7, 11) is 0. The number of likely N-dealkylation sites (tertiary alicyclic amines) is 1. The van der Waals surface area contributed by atoms with Crippen molar-refractivity contribution in [3.63, 3.8) is 0 Å². The average Bonchev–Trinajstić information content (AvgIpc) is 3.06. The van der Waals surface area contributed by atoms with Crippen molar-refractivity contribution in [2.45, 2.75) is 25.8 Å². The van der Waals surface area contributed by atoms with Gasteiger partial charge in [-0.2, -0.15) is 0 Å². The molecule has 2 aromatic rings. The predicted octanol–water partition coefficient (Wildman–Crippen LogP) is 3.86. The molecule has 0 aromatic heterocycles. The fourth-order valence-electron chi connectivity index (χ4n) is 3.51. The van der Waals surface area contributed by atoms with Crippen LogP contribution in [0.3, 0.4) is 0 Å². The molecule has 2 atom stereocenters. The van der Waals surface area contributed by atoms with E-state index in [1.807, 2.05) is 13.8 Å². The lowest BCUT2D eigenvalue weighted by Crippen LogP contribution is -2.39. The second kappa shape index (κ2) is 8.09. The van der Waals surface area contributed by atoms with E-state index in [4.69, 9.17) is 11.6 Å². The van der Waals surface area contributed by atoms with E-state index in [1.54, 1.807) is 41.3 Å². The number of hydrogen-bond donors (Lipinski definition) is 1. The Morgan fingerprint density at radius 1 is 1.15 bits per heavy atom. The molecule has 4 nitrogen and oxygen atoms in total. The molecule has 0 unspecified atom stereocenters. The van der Waals surface area contributed by atoms with Gasteiger partial charge in [0.25, 0.3) is 5.91 Å². The fourth-order valence-corrected chi connectivity index (χ4v) is 3.70. The summed E-state index contributed by atoms with van der Waals surface area (Å²) < 4.78 is 13.7. The topological polar surface area (TPSA) is 49.4 Å². The van der Waals surface area contributed by atoms with Gasteiger partial charge in [0.05, 0.1) is 5.92 Å². The predicted molar refractivity (Wildman–Crippen MR) is 103 cm³/mol.